The number of hydrogen-bond acceptors (Lipinski definition) is 1. The van der Waals surface area contributed by atoms with Crippen molar-refractivity contribution in [3.63, 3.8) is 0 Å². The molecule has 1 N–H and O–H groups in total. The van der Waals surface area contributed by atoms with E-state index in [4.69, 9.17) is 0 Å². The highest BCUT2D eigenvalue weighted by atomic mass is 14.8. The van der Waals surface area contributed by atoms with E-state index in [0.29, 0.717) is 0 Å². The minimum atomic E-state index is 1.14. The van der Waals surface area contributed by atoms with Crippen LogP contribution in [0.4, 0.5) is 0 Å². The fourth-order valence-corrected chi connectivity index (χ4v) is 0.472. The van der Waals surface area contributed by atoms with Gasteiger partial charge in [0, 0.05) is 0 Å². The van der Waals surface area contributed by atoms with Crippen LogP contribution in [-0.2, 0) is 0 Å². The number of unbranched alkanes of at least 4 members (excludes halogenated alkanes) is 1. The minimum Gasteiger partial charge on any atom is -0.320 e. The molecule has 0 unspecified atom stereocenters. The van der Waals surface area contributed by atoms with Crippen LogP contribution in [0.1, 0.15) is 67.7 Å². The van der Waals surface area contributed by atoms with E-state index in [1.807, 2.05) is 59.0 Å². The van der Waals surface area contributed by atoms with Crippen LogP contribution in [0.2, 0.25) is 0 Å². The largest absolute Gasteiger partial charge is 0.320 e. The molecule has 0 aliphatic carbocycles. The third kappa shape index (κ3) is 94.2. The molecule has 0 bridgehead atoms. The van der Waals surface area contributed by atoms with Crippen LogP contribution in [0, 0.1) is 0 Å². The van der Waals surface area contributed by atoms with Gasteiger partial charge in [0.15, 0.2) is 0 Å². The highest BCUT2D eigenvalue weighted by Crippen LogP contribution is 1.76. The predicted octanol–water partition coefficient (Wildman–Crippen LogP) is 5.59. The third-order valence-corrected chi connectivity index (χ3v) is 1.50. The molecule has 0 amide bonds. The molecular formula is C16H37N. The van der Waals surface area contributed by atoms with Gasteiger partial charge >= 0.3 is 0 Å². The quantitative estimate of drug-likeness (QED) is 0.635. The van der Waals surface area contributed by atoms with E-state index >= 15 is 0 Å². The lowest BCUT2D eigenvalue weighted by atomic mass is 10.4. The lowest BCUT2D eigenvalue weighted by Crippen LogP contribution is -2.04. The number of nitrogens with one attached hydrogen (secondary N) is 1. The third-order valence-electron chi connectivity index (χ3n) is 1.50. The van der Waals surface area contributed by atoms with Gasteiger partial charge in [-0.2, -0.15) is 0 Å². The van der Waals surface area contributed by atoms with Gasteiger partial charge in [0.2, 0.25) is 0 Å². The van der Waals surface area contributed by atoms with Gasteiger partial charge in [-0.25, -0.2) is 0 Å². The molecule has 0 rings (SSSR count). The second-order valence-electron chi connectivity index (χ2n) is 3.16. The highest BCUT2D eigenvalue weighted by Gasteiger charge is 1.64. The van der Waals surface area contributed by atoms with Gasteiger partial charge in [-0.15, -0.1) is 0 Å². The summed E-state index contributed by atoms with van der Waals surface area (Å²) in [6.07, 6.45) is 11.9. The van der Waals surface area contributed by atoms with E-state index in [-0.39, 0.29) is 0 Å². The standard InChI is InChI=1S/C6H10.C4H11N.C4H10.C2H6/c1-3-5-6-4-2;1-3-4-5-2;1-3-4-2;1-2/h3-6H,1-2H3;5H,3-4H2,1-2H3;3-4H2,1-2H3;1-2H3/b5-3+,6-4+;;;. The van der Waals surface area contributed by atoms with Crippen molar-refractivity contribution in [3.05, 3.63) is 24.3 Å². The van der Waals surface area contributed by atoms with Crippen LogP contribution in [-0.4, -0.2) is 13.6 Å². The maximum absolute atomic E-state index is 3.02. The molecule has 106 valence electrons. The zero-order valence-electron chi connectivity index (χ0n) is 13.6. The lowest BCUT2D eigenvalue weighted by molar-refractivity contribution is 0.772. The molecule has 0 atom stereocenters. The zero-order valence-corrected chi connectivity index (χ0v) is 13.6. The summed E-state index contributed by atoms with van der Waals surface area (Å²) < 4.78 is 0. The van der Waals surface area contributed by atoms with E-state index in [1.165, 1.54) is 19.3 Å². The second-order valence-corrected chi connectivity index (χ2v) is 3.16. The first kappa shape index (κ1) is 25.3. The summed E-state index contributed by atoms with van der Waals surface area (Å²) >= 11 is 0. The first-order chi connectivity index (χ1) is 8.24. The molecule has 0 spiro atoms. The van der Waals surface area contributed by atoms with Crippen molar-refractivity contribution in [1.82, 2.24) is 5.32 Å². The molecule has 0 saturated heterocycles. The first-order valence-corrected chi connectivity index (χ1v) is 7.13. The Morgan fingerprint density at radius 2 is 1.12 bits per heavy atom. The summed E-state index contributed by atoms with van der Waals surface area (Å²) in [5, 5.41) is 3.02. The molecule has 0 aliphatic rings. The average Bonchev–Trinajstić information content (AvgIpc) is 2.40. The van der Waals surface area contributed by atoms with Crippen molar-refractivity contribution in [2.24, 2.45) is 0 Å². The molecule has 1 heteroatoms. The van der Waals surface area contributed by atoms with Crippen molar-refractivity contribution in [1.29, 1.82) is 0 Å². The molecule has 0 heterocycles. The van der Waals surface area contributed by atoms with Crippen molar-refractivity contribution in [2.45, 2.75) is 67.7 Å². The van der Waals surface area contributed by atoms with Crippen molar-refractivity contribution < 1.29 is 0 Å². The van der Waals surface area contributed by atoms with Gasteiger partial charge in [-0.3, -0.25) is 0 Å². The Morgan fingerprint density at radius 1 is 0.765 bits per heavy atom. The number of rotatable bonds is 4. The molecule has 0 radical (unpaired) electrons. The van der Waals surface area contributed by atoms with Crippen molar-refractivity contribution >= 4 is 0 Å². The smallest absolute Gasteiger partial charge is 0.00546 e. The average molecular weight is 243 g/mol. The van der Waals surface area contributed by atoms with Gasteiger partial charge in [-0.05, 0) is 33.9 Å². The van der Waals surface area contributed by atoms with Crippen molar-refractivity contribution in [3.8, 4) is 0 Å². The van der Waals surface area contributed by atoms with Crippen LogP contribution < -0.4 is 5.32 Å². The van der Waals surface area contributed by atoms with E-state index in [2.05, 4.69) is 26.1 Å². The number of hydrogen-bond donors (Lipinski definition) is 1. The maximum atomic E-state index is 3.02. The van der Waals surface area contributed by atoms with Gasteiger partial charge < -0.3 is 5.32 Å². The molecule has 0 aromatic heterocycles. The normalized spacial score (nSPS) is 8.71. The van der Waals surface area contributed by atoms with E-state index in [0.717, 1.165) is 6.54 Å². The Morgan fingerprint density at radius 3 is 1.18 bits per heavy atom. The monoisotopic (exact) mass is 243 g/mol. The van der Waals surface area contributed by atoms with Crippen LogP contribution >= 0.6 is 0 Å². The highest BCUT2D eigenvalue weighted by molar-refractivity contribution is 4.98. The fraction of sp³-hybridized carbons (Fsp3) is 0.750. The Bertz CT molecular complexity index is 101. The Hall–Kier alpha value is -0.560. The summed E-state index contributed by atoms with van der Waals surface area (Å²) in [6.45, 7) is 15.6. The lowest BCUT2D eigenvalue weighted by Gasteiger charge is -1.84. The van der Waals surface area contributed by atoms with E-state index < -0.39 is 0 Å². The second kappa shape index (κ2) is 45.2. The van der Waals surface area contributed by atoms with Gasteiger partial charge in [0.05, 0.1) is 0 Å². The minimum absolute atomic E-state index is 1.14. The fourth-order valence-electron chi connectivity index (χ4n) is 0.472. The van der Waals surface area contributed by atoms with Crippen molar-refractivity contribution in [2.75, 3.05) is 13.6 Å². The van der Waals surface area contributed by atoms with E-state index in [1.54, 1.807) is 0 Å². The zero-order chi connectivity index (χ0) is 14.4. The maximum Gasteiger partial charge on any atom is -0.00546 e. The topological polar surface area (TPSA) is 12.0 Å². The molecular weight excluding hydrogens is 206 g/mol. The molecule has 1 nitrogen and oxygen atoms in total. The van der Waals surface area contributed by atoms with E-state index in [9.17, 15) is 0 Å². The molecule has 0 aliphatic heterocycles. The van der Waals surface area contributed by atoms with Gasteiger partial charge in [0.25, 0.3) is 0 Å². The molecule has 0 aromatic carbocycles. The summed E-state index contributed by atoms with van der Waals surface area (Å²) in [7, 11) is 1.96. The molecule has 0 fully saturated rings. The van der Waals surface area contributed by atoms with Gasteiger partial charge in [0.1, 0.15) is 0 Å². The first-order valence-electron chi connectivity index (χ1n) is 7.13. The molecule has 0 aromatic rings. The SMILES string of the molecule is C/C=C/C=C/C.CC.CCCC.CCCNC. The summed E-state index contributed by atoms with van der Waals surface area (Å²) in [6, 6.07) is 0. The Labute approximate surface area is 111 Å². The Kier molecular flexibility index (Phi) is 67.3. The Balaban J connectivity index is -0.0000000705. The van der Waals surface area contributed by atoms with Gasteiger partial charge in [-0.1, -0.05) is 71.8 Å². The summed E-state index contributed by atoms with van der Waals surface area (Å²) in [5.41, 5.74) is 0. The molecule has 0 saturated carbocycles. The summed E-state index contributed by atoms with van der Waals surface area (Å²) in [4.78, 5) is 0. The molecule has 17 heavy (non-hydrogen) atoms. The van der Waals surface area contributed by atoms with Crippen LogP contribution in [0.3, 0.4) is 0 Å². The van der Waals surface area contributed by atoms with Crippen LogP contribution in [0.5, 0.6) is 0 Å². The van der Waals surface area contributed by atoms with Crippen LogP contribution in [0.15, 0.2) is 24.3 Å². The van der Waals surface area contributed by atoms with Crippen LogP contribution in [0.25, 0.3) is 0 Å². The summed E-state index contributed by atoms with van der Waals surface area (Å²) in [5.74, 6) is 0. The predicted molar refractivity (Wildman–Crippen MR) is 85.8 cm³/mol. The number of allylic oxidation sites excluding steroid dienone is 4.